The third-order valence-corrected chi connectivity index (χ3v) is 2.66. The van der Waals surface area contributed by atoms with E-state index < -0.39 is 0 Å². The van der Waals surface area contributed by atoms with E-state index in [0.717, 1.165) is 18.9 Å². The predicted octanol–water partition coefficient (Wildman–Crippen LogP) is 1.01. The molecule has 1 aromatic heterocycles. The molecule has 0 atom stereocenters. The number of hydrogen-bond acceptors (Lipinski definition) is 4. The first-order chi connectivity index (χ1) is 5.21. The molecule has 1 aliphatic rings. The van der Waals surface area contributed by atoms with Gasteiger partial charge in [-0.05, 0) is 6.92 Å². The highest BCUT2D eigenvalue weighted by atomic mass is 32.1. The van der Waals surface area contributed by atoms with Crippen LogP contribution < -0.4 is 5.73 Å². The molecule has 2 heterocycles. The second kappa shape index (κ2) is 2.19. The summed E-state index contributed by atoms with van der Waals surface area (Å²) in [4.78, 5) is 4.22. The standard InChI is InChI=1S/C7H10N2OS/c1-7(3-10-4-7)5-2-11-6(8)9-5/h2H,3-4H2,1H3,(H2,8,9). The van der Waals surface area contributed by atoms with Crippen LogP contribution in [0.3, 0.4) is 0 Å². The number of thiazole rings is 1. The molecule has 0 amide bonds. The fraction of sp³-hybridized carbons (Fsp3) is 0.571. The van der Waals surface area contributed by atoms with Crippen molar-refractivity contribution in [1.82, 2.24) is 4.98 Å². The van der Waals surface area contributed by atoms with Crippen molar-refractivity contribution in [2.45, 2.75) is 12.3 Å². The lowest BCUT2D eigenvalue weighted by Crippen LogP contribution is -2.44. The number of nitrogens with two attached hydrogens (primary N) is 1. The molecule has 0 spiro atoms. The molecule has 0 aliphatic carbocycles. The largest absolute Gasteiger partial charge is 0.379 e. The Morgan fingerprint density at radius 3 is 2.82 bits per heavy atom. The molecule has 0 saturated carbocycles. The van der Waals surface area contributed by atoms with Gasteiger partial charge in [-0.25, -0.2) is 4.98 Å². The van der Waals surface area contributed by atoms with Crippen molar-refractivity contribution in [3.05, 3.63) is 11.1 Å². The number of nitrogens with zero attached hydrogens (tertiary/aromatic N) is 1. The number of ether oxygens (including phenoxy) is 1. The fourth-order valence-electron chi connectivity index (χ4n) is 1.12. The minimum absolute atomic E-state index is 0.133. The molecule has 4 heteroatoms. The maximum atomic E-state index is 5.52. The maximum Gasteiger partial charge on any atom is 0.180 e. The van der Waals surface area contributed by atoms with Gasteiger partial charge in [-0.15, -0.1) is 11.3 Å². The summed E-state index contributed by atoms with van der Waals surface area (Å²) in [6.45, 7) is 3.69. The number of aromatic nitrogens is 1. The van der Waals surface area contributed by atoms with Gasteiger partial charge >= 0.3 is 0 Å². The van der Waals surface area contributed by atoms with Crippen molar-refractivity contribution in [2.24, 2.45) is 0 Å². The summed E-state index contributed by atoms with van der Waals surface area (Å²) in [7, 11) is 0. The number of rotatable bonds is 1. The van der Waals surface area contributed by atoms with Gasteiger partial charge in [0.1, 0.15) is 0 Å². The summed E-state index contributed by atoms with van der Waals surface area (Å²) in [6.07, 6.45) is 0. The number of hydrogen-bond donors (Lipinski definition) is 1. The first-order valence-corrected chi connectivity index (χ1v) is 4.38. The highest BCUT2D eigenvalue weighted by Gasteiger charge is 2.37. The second-order valence-electron chi connectivity index (χ2n) is 3.12. The predicted molar refractivity (Wildman–Crippen MR) is 44.7 cm³/mol. The van der Waals surface area contributed by atoms with Gasteiger partial charge < -0.3 is 10.5 Å². The molecule has 0 unspecified atom stereocenters. The Morgan fingerprint density at radius 1 is 1.73 bits per heavy atom. The Balaban J connectivity index is 2.28. The van der Waals surface area contributed by atoms with Gasteiger partial charge in [0.05, 0.1) is 24.3 Å². The first-order valence-electron chi connectivity index (χ1n) is 3.50. The summed E-state index contributed by atoms with van der Waals surface area (Å²) in [6, 6.07) is 0. The molecule has 0 radical (unpaired) electrons. The Labute approximate surface area is 69.2 Å². The topological polar surface area (TPSA) is 48.1 Å². The van der Waals surface area contributed by atoms with E-state index in [-0.39, 0.29) is 5.41 Å². The van der Waals surface area contributed by atoms with E-state index in [2.05, 4.69) is 11.9 Å². The molecule has 2 rings (SSSR count). The Hall–Kier alpha value is -0.610. The molecule has 0 bridgehead atoms. The van der Waals surface area contributed by atoms with Crippen LogP contribution in [0, 0.1) is 0 Å². The zero-order valence-corrected chi connectivity index (χ0v) is 7.15. The summed E-state index contributed by atoms with van der Waals surface area (Å²) >= 11 is 1.49. The van der Waals surface area contributed by atoms with Crippen molar-refractivity contribution in [3.8, 4) is 0 Å². The van der Waals surface area contributed by atoms with Gasteiger partial charge in [0, 0.05) is 5.38 Å². The molecule has 1 aromatic rings. The Kier molecular flexibility index (Phi) is 1.40. The van der Waals surface area contributed by atoms with E-state index in [1.54, 1.807) is 0 Å². The summed E-state index contributed by atoms with van der Waals surface area (Å²) in [5.74, 6) is 0. The van der Waals surface area contributed by atoms with Gasteiger partial charge in [-0.1, -0.05) is 0 Å². The van der Waals surface area contributed by atoms with Crippen LogP contribution in [0.2, 0.25) is 0 Å². The van der Waals surface area contributed by atoms with Gasteiger partial charge in [-0.3, -0.25) is 0 Å². The smallest absolute Gasteiger partial charge is 0.180 e. The minimum Gasteiger partial charge on any atom is -0.379 e. The summed E-state index contributed by atoms with van der Waals surface area (Å²) < 4.78 is 5.13. The van der Waals surface area contributed by atoms with Crippen molar-refractivity contribution in [1.29, 1.82) is 0 Å². The highest BCUT2D eigenvalue weighted by molar-refractivity contribution is 7.13. The van der Waals surface area contributed by atoms with Crippen molar-refractivity contribution >= 4 is 16.5 Å². The van der Waals surface area contributed by atoms with Gasteiger partial charge in [0.15, 0.2) is 5.13 Å². The third-order valence-electron chi connectivity index (χ3n) is 1.98. The average Bonchev–Trinajstić information content (AvgIpc) is 2.31. The monoisotopic (exact) mass is 170 g/mol. The lowest BCUT2D eigenvalue weighted by Gasteiger charge is -2.36. The van der Waals surface area contributed by atoms with E-state index in [9.17, 15) is 0 Å². The van der Waals surface area contributed by atoms with Crippen LogP contribution in [0.5, 0.6) is 0 Å². The van der Waals surface area contributed by atoms with Crippen LogP contribution in [0.4, 0.5) is 5.13 Å². The molecule has 2 N–H and O–H groups in total. The molecular weight excluding hydrogens is 160 g/mol. The lowest BCUT2D eigenvalue weighted by atomic mass is 9.86. The quantitative estimate of drug-likeness (QED) is 0.684. The normalized spacial score (nSPS) is 21.2. The van der Waals surface area contributed by atoms with Gasteiger partial charge in [-0.2, -0.15) is 0 Å². The van der Waals surface area contributed by atoms with E-state index >= 15 is 0 Å². The van der Waals surface area contributed by atoms with Crippen LogP contribution in [0.1, 0.15) is 12.6 Å². The molecule has 0 aromatic carbocycles. The molecule has 1 saturated heterocycles. The van der Waals surface area contributed by atoms with Crippen molar-refractivity contribution < 1.29 is 4.74 Å². The summed E-state index contributed by atoms with van der Waals surface area (Å²) in [5.41, 5.74) is 6.73. The van der Waals surface area contributed by atoms with Crippen LogP contribution in [0.15, 0.2) is 5.38 Å². The molecule has 3 nitrogen and oxygen atoms in total. The zero-order chi connectivity index (χ0) is 7.90. The molecular formula is C7H10N2OS. The van der Waals surface area contributed by atoms with E-state index in [1.807, 2.05) is 5.38 Å². The van der Waals surface area contributed by atoms with Gasteiger partial charge in [0.25, 0.3) is 0 Å². The third kappa shape index (κ3) is 1.02. The van der Waals surface area contributed by atoms with E-state index in [1.165, 1.54) is 11.3 Å². The van der Waals surface area contributed by atoms with Crippen LogP contribution >= 0.6 is 11.3 Å². The average molecular weight is 170 g/mol. The number of nitrogen functional groups attached to an aromatic ring is 1. The van der Waals surface area contributed by atoms with Crippen molar-refractivity contribution in [2.75, 3.05) is 18.9 Å². The second-order valence-corrected chi connectivity index (χ2v) is 4.01. The van der Waals surface area contributed by atoms with Crippen LogP contribution in [0.25, 0.3) is 0 Å². The molecule has 1 aliphatic heterocycles. The Bertz CT molecular complexity index is 267. The maximum absolute atomic E-state index is 5.52. The van der Waals surface area contributed by atoms with Crippen molar-refractivity contribution in [3.63, 3.8) is 0 Å². The number of anilines is 1. The lowest BCUT2D eigenvalue weighted by molar-refractivity contribution is -0.0517. The van der Waals surface area contributed by atoms with Crippen LogP contribution in [-0.4, -0.2) is 18.2 Å². The fourth-order valence-corrected chi connectivity index (χ4v) is 1.84. The first kappa shape index (κ1) is 7.06. The summed E-state index contributed by atoms with van der Waals surface area (Å²) in [5, 5.41) is 2.66. The van der Waals surface area contributed by atoms with E-state index in [0.29, 0.717) is 5.13 Å². The minimum atomic E-state index is 0.133. The van der Waals surface area contributed by atoms with Crippen LogP contribution in [-0.2, 0) is 10.2 Å². The zero-order valence-electron chi connectivity index (χ0n) is 6.33. The SMILES string of the molecule is CC1(c2csc(N)n2)COC1. The van der Waals surface area contributed by atoms with Gasteiger partial charge in [0.2, 0.25) is 0 Å². The molecule has 11 heavy (non-hydrogen) atoms. The van der Waals surface area contributed by atoms with E-state index in [4.69, 9.17) is 10.5 Å². The highest BCUT2D eigenvalue weighted by Crippen LogP contribution is 2.32. The Morgan fingerprint density at radius 2 is 2.45 bits per heavy atom. The molecule has 1 fully saturated rings. The molecule has 60 valence electrons.